The molecule has 1 aromatic carbocycles. The van der Waals surface area contributed by atoms with Gasteiger partial charge < -0.3 is 9.73 Å². The van der Waals surface area contributed by atoms with E-state index < -0.39 is 0 Å². The second-order valence-electron chi connectivity index (χ2n) is 4.18. The Morgan fingerprint density at radius 2 is 1.94 bits per heavy atom. The number of benzene rings is 1. The van der Waals surface area contributed by atoms with E-state index in [9.17, 15) is 4.39 Å². The van der Waals surface area contributed by atoms with Crippen LogP contribution in [0.25, 0.3) is 0 Å². The highest BCUT2D eigenvalue weighted by molar-refractivity contribution is 5.20. The first-order valence-corrected chi connectivity index (χ1v) is 5.68. The fourth-order valence-corrected chi connectivity index (χ4v) is 1.70. The van der Waals surface area contributed by atoms with E-state index in [1.54, 1.807) is 18.4 Å². The molecule has 0 amide bonds. The van der Waals surface area contributed by atoms with Gasteiger partial charge in [0.05, 0.1) is 12.8 Å². The van der Waals surface area contributed by atoms with Gasteiger partial charge in [-0.1, -0.05) is 12.1 Å². The van der Waals surface area contributed by atoms with Crippen molar-refractivity contribution in [3.63, 3.8) is 0 Å². The largest absolute Gasteiger partial charge is 0.468 e. The van der Waals surface area contributed by atoms with E-state index in [1.165, 1.54) is 12.1 Å². The molecule has 0 aliphatic heterocycles. The lowest BCUT2D eigenvalue weighted by atomic mass is 10.1. The molecule has 0 aliphatic carbocycles. The van der Waals surface area contributed by atoms with Crippen LogP contribution in [-0.4, -0.2) is 0 Å². The lowest BCUT2D eigenvalue weighted by Crippen LogP contribution is -2.18. The number of aryl methyl sites for hydroxylation is 1. The van der Waals surface area contributed by atoms with Crippen molar-refractivity contribution in [1.29, 1.82) is 0 Å². The number of hydrogen-bond donors (Lipinski definition) is 1. The fourth-order valence-electron chi connectivity index (χ4n) is 1.70. The molecule has 0 saturated carbocycles. The molecule has 0 saturated heterocycles. The Bertz CT molecular complexity index is 475. The maximum atomic E-state index is 12.8. The molecule has 90 valence electrons. The van der Waals surface area contributed by atoms with E-state index in [1.807, 2.05) is 19.9 Å². The zero-order chi connectivity index (χ0) is 12.3. The predicted octanol–water partition coefficient (Wildman–Crippen LogP) is 3.58. The van der Waals surface area contributed by atoms with Crippen molar-refractivity contribution < 1.29 is 8.81 Å². The van der Waals surface area contributed by atoms with Gasteiger partial charge in [-0.15, -0.1) is 0 Å². The van der Waals surface area contributed by atoms with Crippen LogP contribution in [0.3, 0.4) is 0 Å². The third-order valence-electron chi connectivity index (χ3n) is 2.91. The van der Waals surface area contributed by atoms with E-state index in [-0.39, 0.29) is 11.9 Å². The first kappa shape index (κ1) is 11.9. The highest BCUT2D eigenvalue weighted by Gasteiger charge is 2.07. The van der Waals surface area contributed by atoms with Gasteiger partial charge in [-0.05, 0) is 43.2 Å². The average molecular weight is 233 g/mol. The van der Waals surface area contributed by atoms with Gasteiger partial charge in [-0.25, -0.2) is 4.39 Å². The number of hydrogen-bond acceptors (Lipinski definition) is 2. The number of nitrogens with one attached hydrogen (secondary N) is 1. The van der Waals surface area contributed by atoms with Gasteiger partial charge >= 0.3 is 0 Å². The van der Waals surface area contributed by atoms with Gasteiger partial charge in [-0.2, -0.15) is 0 Å². The molecule has 0 fully saturated rings. The van der Waals surface area contributed by atoms with Crippen molar-refractivity contribution in [1.82, 2.24) is 5.32 Å². The molecule has 1 heterocycles. The fraction of sp³-hybridized carbons (Fsp3) is 0.286. The Morgan fingerprint density at radius 1 is 1.24 bits per heavy atom. The lowest BCUT2D eigenvalue weighted by Gasteiger charge is -2.13. The summed E-state index contributed by atoms with van der Waals surface area (Å²) >= 11 is 0. The van der Waals surface area contributed by atoms with Crippen LogP contribution < -0.4 is 5.32 Å². The van der Waals surface area contributed by atoms with Crippen LogP contribution in [0, 0.1) is 12.7 Å². The molecule has 2 nitrogen and oxygen atoms in total. The van der Waals surface area contributed by atoms with Crippen molar-refractivity contribution >= 4 is 0 Å². The molecule has 3 heteroatoms. The normalized spacial score (nSPS) is 12.6. The van der Waals surface area contributed by atoms with E-state index in [2.05, 4.69) is 5.32 Å². The highest BCUT2D eigenvalue weighted by Crippen LogP contribution is 2.15. The smallest absolute Gasteiger partial charge is 0.123 e. The molecule has 1 aromatic heterocycles. The van der Waals surface area contributed by atoms with Crippen molar-refractivity contribution in [2.45, 2.75) is 26.4 Å². The van der Waals surface area contributed by atoms with Gasteiger partial charge in [-0.3, -0.25) is 0 Å². The first-order valence-electron chi connectivity index (χ1n) is 5.68. The Hall–Kier alpha value is -1.61. The quantitative estimate of drug-likeness (QED) is 0.873. The van der Waals surface area contributed by atoms with Gasteiger partial charge in [0.25, 0.3) is 0 Å². The third kappa shape index (κ3) is 2.94. The molecule has 2 aromatic rings. The second-order valence-corrected chi connectivity index (χ2v) is 4.18. The third-order valence-corrected chi connectivity index (χ3v) is 2.91. The molecular weight excluding hydrogens is 217 g/mol. The SMILES string of the molecule is Cc1ccoc1CN[C@@H](C)c1ccc(F)cc1. The summed E-state index contributed by atoms with van der Waals surface area (Å²) in [6.45, 7) is 4.74. The second kappa shape index (κ2) is 5.15. The van der Waals surface area contributed by atoms with Gasteiger partial charge in [0.2, 0.25) is 0 Å². The summed E-state index contributed by atoms with van der Waals surface area (Å²) in [5, 5.41) is 3.35. The summed E-state index contributed by atoms with van der Waals surface area (Å²) in [5.74, 6) is 0.738. The molecule has 0 spiro atoms. The number of rotatable bonds is 4. The Labute approximate surface area is 100 Å². The van der Waals surface area contributed by atoms with Crippen LogP contribution in [0.2, 0.25) is 0 Å². The van der Waals surface area contributed by atoms with E-state index >= 15 is 0 Å². The zero-order valence-corrected chi connectivity index (χ0v) is 10.0. The minimum Gasteiger partial charge on any atom is -0.468 e. The van der Waals surface area contributed by atoms with Gasteiger partial charge in [0, 0.05) is 6.04 Å². The Kier molecular flexibility index (Phi) is 3.59. The molecule has 0 radical (unpaired) electrons. The topological polar surface area (TPSA) is 25.2 Å². The molecule has 0 unspecified atom stereocenters. The summed E-state index contributed by atoms with van der Waals surface area (Å²) in [5.41, 5.74) is 2.21. The first-order chi connectivity index (χ1) is 8.16. The zero-order valence-electron chi connectivity index (χ0n) is 10.0. The average Bonchev–Trinajstić information content (AvgIpc) is 2.73. The maximum Gasteiger partial charge on any atom is 0.123 e. The maximum absolute atomic E-state index is 12.8. The van der Waals surface area contributed by atoms with Crippen molar-refractivity contribution in [3.05, 3.63) is 59.3 Å². The summed E-state index contributed by atoms with van der Waals surface area (Å²) in [6, 6.07) is 8.65. The van der Waals surface area contributed by atoms with E-state index in [0.29, 0.717) is 6.54 Å². The lowest BCUT2D eigenvalue weighted by molar-refractivity contribution is 0.458. The molecule has 1 N–H and O–H groups in total. The monoisotopic (exact) mass is 233 g/mol. The Morgan fingerprint density at radius 3 is 2.53 bits per heavy atom. The molecule has 0 bridgehead atoms. The van der Waals surface area contributed by atoms with Crippen LogP contribution in [-0.2, 0) is 6.54 Å². The van der Waals surface area contributed by atoms with Gasteiger partial charge in [0.1, 0.15) is 11.6 Å². The molecule has 1 atom stereocenters. The molecule has 17 heavy (non-hydrogen) atoms. The molecule has 2 rings (SSSR count). The van der Waals surface area contributed by atoms with Crippen LogP contribution >= 0.6 is 0 Å². The van der Waals surface area contributed by atoms with Crippen molar-refractivity contribution in [3.8, 4) is 0 Å². The van der Waals surface area contributed by atoms with E-state index in [4.69, 9.17) is 4.42 Å². The van der Waals surface area contributed by atoms with Crippen LogP contribution in [0.4, 0.5) is 4.39 Å². The number of halogens is 1. The summed E-state index contributed by atoms with van der Waals surface area (Å²) in [6.07, 6.45) is 1.69. The molecule has 0 aliphatic rings. The minimum atomic E-state index is -0.206. The summed E-state index contributed by atoms with van der Waals surface area (Å²) in [4.78, 5) is 0. The van der Waals surface area contributed by atoms with Crippen LogP contribution in [0.5, 0.6) is 0 Å². The van der Waals surface area contributed by atoms with Crippen LogP contribution in [0.1, 0.15) is 29.9 Å². The molecular formula is C14H16FNO. The van der Waals surface area contributed by atoms with E-state index in [0.717, 1.165) is 16.9 Å². The number of furan rings is 1. The van der Waals surface area contributed by atoms with Crippen LogP contribution in [0.15, 0.2) is 41.0 Å². The summed E-state index contributed by atoms with van der Waals surface area (Å²) < 4.78 is 18.1. The van der Waals surface area contributed by atoms with Crippen molar-refractivity contribution in [2.24, 2.45) is 0 Å². The minimum absolute atomic E-state index is 0.167. The Balaban J connectivity index is 1.95. The van der Waals surface area contributed by atoms with Gasteiger partial charge in [0.15, 0.2) is 0 Å². The van der Waals surface area contributed by atoms with Crippen molar-refractivity contribution in [2.75, 3.05) is 0 Å². The standard InChI is InChI=1S/C14H16FNO/c1-10-7-8-17-14(10)9-16-11(2)12-3-5-13(15)6-4-12/h3-8,11,16H,9H2,1-2H3/t11-/m0/s1. The highest BCUT2D eigenvalue weighted by atomic mass is 19.1. The summed E-state index contributed by atoms with van der Waals surface area (Å²) in [7, 11) is 0. The predicted molar refractivity (Wildman–Crippen MR) is 65.1 cm³/mol.